The number of nitrogens with zero attached hydrogens (tertiary/aromatic N) is 3. The summed E-state index contributed by atoms with van der Waals surface area (Å²) in [6.07, 6.45) is -0.209. The number of hydrogen-bond acceptors (Lipinski definition) is 9. The van der Waals surface area contributed by atoms with Gasteiger partial charge in [-0.3, -0.25) is 9.89 Å². The fourth-order valence-corrected chi connectivity index (χ4v) is 5.16. The summed E-state index contributed by atoms with van der Waals surface area (Å²) < 4.78 is 39.1. The van der Waals surface area contributed by atoms with E-state index in [1.807, 2.05) is 0 Å². The molecule has 2 N–H and O–H groups in total. The van der Waals surface area contributed by atoms with Crippen LogP contribution in [0, 0.1) is 5.82 Å². The molecule has 2 aliphatic rings. The van der Waals surface area contributed by atoms with Crippen molar-refractivity contribution in [3.8, 4) is 0 Å². The summed E-state index contributed by atoms with van der Waals surface area (Å²) in [4.78, 5) is 34.9. The second-order valence-corrected chi connectivity index (χ2v) is 9.78. The Labute approximate surface area is 220 Å². The number of rotatable bonds is 9. The Balaban J connectivity index is 1.73. The molecule has 0 bridgehead atoms. The highest BCUT2D eigenvalue weighted by molar-refractivity contribution is 7.11. The van der Waals surface area contributed by atoms with Gasteiger partial charge < -0.3 is 19.9 Å². The lowest BCUT2D eigenvalue weighted by Crippen LogP contribution is -2.48. The van der Waals surface area contributed by atoms with Crippen LogP contribution in [-0.4, -0.2) is 77.9 Å². The number of alkyl halides is 1. The molecule has 198 valence electrons. The molecular weight excluding hydrogens is 530 g/mol. The number of esters is 1. The lowest BCUT2D eigenvalue weighted by Gasteiger charge is -2.36. The minimum Gasteiger partial charge on any atom is -0.480 e. The standard InChI is InChI=1S/C24H25ClF2N4O5S/c1-2-35-24(34)20-18(11-31-9-14(27)7-15(10-31)36-12-19(32)33)29-22(23-28-5-6-37-23)30-21(20)16-4-3-13(26)8-17(16)25/h3-6,8,14-15,21H,2,7,9-12H2,1H3,(H,29,30)(H,32,33)/t14?,15?,21-/m0/s1. The number of aliphatic carboxylic acids is 1. The van der Waals surface area contributed by atoms with Gasteiger partial charge in [0.15, 0.2) is 10.8 Å². The van der Waals surface area contributed by atoms with Gasteiger partial charge in [-0.2, -0.15) is 0 Å². The molecule has 1 aromatic heterocycles. The molecule has 37 heavy (non-hydrogen) atoms. The third-order valence-electron chi connectivity index (χ3n) is 5.77. The number of carboxylic acids is 1. The van der Waals surface area contributed by atoms with Gasteiger partial charge in [0.1, 0.15) is 24.6 Å². The summed E-state index contributed by atoms with van der Waals surface area (Å²) in [5, 5.41) is 14.5. The van der Waals surface area contributed by atoms with Crippen molar-refractivity contribution in [2.45, 2.75) is 31.7 Å². The van der Waals surface area contributed by atoms with Crippen LogP contribution in [0.3, 0.4) is 0 Å². The predicted molar refractivity (Wildman–Crippen MR) is 133 cm³/mol. The fraction of sp³-hybridized carbons (Fsp3) is 0.417. The topological polar surface area (TPSA) is 113 Å². The number of aliphatic imine (C=N–C) groups is 1. The Hall–Kier alpha value is -2.93. The maximum Gasteiger partial charge on any atom is 0.338 e. The monoisotopic (exact) mass is 554 g/mol. The van der Waals surface area contributed by atoms with E-state index in [0.29, 0.717) is 22.1 Å². The van der Waals surface area contributed by atoms with Gasteiger partial charge in [0.25, 0.3) is 0 Å². The lowest BCUT2D eigenvalue weighted by atomic mass is 9.94. The number of likely N-dealkylation sites (tertiary alicyclic amines) is 1. The highest BCUT2D eigenvalue weighted by atomic mass is 35.5. The van der Waals surface area contributed by atoms with Gasteiger partial charge in [-0.05, 0) is 19.1 Å². The number of aromatic nitrogens is 1. The van der Waals surface area contributed by atoms with E-state index in [9.17, 15) is 18.4 Å². The lowest BCUT2D eigenvalue weighted by molar-refractivity contribution is -0.146. The third-order valence-corrected chi connectivity index (χ3v) is 6.88. The van der Waals surface area contributed by atoms with Gasteiger partial charge in [0.05, 0.1) is 18.3 Å². The molecule has 9 nitrogen and oxygen atoms in total. The number of nitrogens with one attached hydrogen (secondary N) is 1. The average molecular weight is 555 g/mol. The van der Waals surface area contributed by atoms with Crippen molar-refractivity contribution in [2.24, 2.45) is 4.99 Å². The molecule has 1 saturated heterocycles. The molecule has 3 atom stereocenters. The molecule has 0 spiro atoms. The van der Waals surface area contributed by atoms with Crippen molar-refractivity contribution >= 4 is 40.7 Å². The molecule has 13 heteroatoms. The summed E-state index contributed by atoms with van der Waals surface area (Å²) in [6, 6.07) is 2.89. The number of ether oxygens (including phenoxy) is 2. The normalized spacial score (nSPS) is 22.4. The van der Waals surface area contributed by atoms with Crippen LogP contribution in [0.1, 0.15) is 30.0 Å². The zero-order chi connectivity index (χ0) is 26.5. The van der Waals surface area contributed by atoms with Gasteiger partial charge in [-0.1, -0.05) is 17.7 Å². The van der Waals surface area contributed by atoms with Gasteiger partial charge >= 0.3 is 11.9 Å². The number of amidine groups is 1. The molecule has 2 aromatic rings. The van der Waals surface area contributed by atoms with Crippen LogP contribution in [-0.2, 0) is 19.1 Å². The fourth-order valence-electron chi connectivity index (χ4n) is 4.31. The van der Waals surface area contributed by atoms with Crippen LogP contribution < -0.4 is 5.32 Å². The summed E-state index contributed by atoms with van der Waals surface area (Å²) >= 11 is 7.70. The number of carbonyl (C=O) groups is 2. The van der Waals surface area contributed by atoms with E-state index in [0.717, 1.165) is 6.07 Å². The van der Waals surface area contributed by atoms with E-state index in [2.05, 4.69) is 10.3 Å². The van der Waals surface area contributed by atoms with E-state index < -0.39 is 42.7 Å². The van der Waals surface area contributed by atoms with Crippen LogP contribution in [0.5, 0.6) is 0 Å². The molecule has 0 saturated carbocycles. The highest BCUT2D eigenvalue weighted by Crippen LogP contribution is 2.37. The number of halogens is 3. The quantitative estimate of drug-likeness (QED) is 0.454. The second kappa shape index (κ2) is 12.1. The van der Waals surface area contributed by atoms with Crippen molar-refractivity contribution in [1.29, 1.82) is 0 Å². The first-order valence-electron chi connectivity index (χ1n) is 11.5. The molecule has 1 fully saturated rings. The van der Waals surface area contributed by atoms with Crippen molar-refractivity contribution in [2.75, 3.05) is 32.8 Å². The summed E-state index contributed by atoms with van der Waals surface area (Å²) in [5.41, 5.74) is 0.943. The molecule has 0 aliphatic carbocycles. The summed E-state index contributed by atoms with van der Waals surface area (Å²) in [7, 11) is 0. The van der Waals surface area contributed by atoms with E-state index in [-0.39, 0.29) is 43.3 Å². The third kappa shape index (κ3) is 6.69. The summed E-state index contributed by atoms with van der Waals surface area (Å²) in [5.74, 6) is -1.96. The van der Waals surface area contributed by atoms with Gasteiger partial charge in [-0.25, -0.2) is 23.4 Å². The molecule has 0 radical (unpaired) electrons. The van der Waals surface area contributed by atoms with Crippen molar-refractivity contribution in [3.63, 3.8) is 0 Å². The number of hydrogen-bond donors (Lipinski definition) is 2. The zero-order valence-corrected chi connectivity index (χ0v) is 21.4. The van der Waals surface area contributed by atoms with E-state index in [4.69, 9.17) is 31.2 Å². The van der Waals surface area contributed by atoms with Crippen LogP contribution >= 0.6 is 22.9 Å². The minimum absolute atomic E-state index is 0.0555. The first-order chi connectivity index (χ1) is 17.7. The summed E-state index contributed by atoms with van der Waals surface area (Å²) in [6.45, 7) is 1.62. The van der Waals surface area contributed by atoms with Crippen LogP contribution in [0.4, 0.5) is 8.78 Å². The Morgan fingerprint density at radius 1 is 1.35 bits per heavy atom. The molecule has 2 aliphatic heterocycles. The van der Waals surface area contributed by atoms with Crippen LogP contribution in [0.25, 0.3) is 0 Å². The zero-order valence-electron chi connectivity index (χ0n) is 19.8. The predicted octanol–water partition coefficient (Wildman–Crippen LogP) is 3.36. The number of carboxylic acid groups (broad SMARTS) is 1. The Morgan fingerprint density at radius 3 is 2.84 bits per heavy atom. The van der Waals surface area contributed by atoms with Crippen LogP contribution in [0.15, 0.2) is 46.0 Å². The molecular formula is C24H25ClF2N4O5S. The van der Waals surface area contributed by atoms with Crippen molar-refractivity contribution in [1.82, 2.24) is 15.2 Å². The average Bonchev–Trinajstić information content (AvgIpc) is 3.37. The minimum atomic E-state index is -1.25. The first kappa shape index (κ1) is 27.1. The SMILES string of the molecule is CCOC(=O)C1=C(CN2CC(F)CC(OCC(=O)O)C2)NC(c2nccs2)=N[C@H]1c1ccc(F)cc1Cl. The van der Waals surface area contributed by atoms with E-state index in [1.54, 1.807) is 23.4 Å². The van der Waals surface area contributed by atoms with E-state index >= 15 is 0 Å². The molecule has 0 amide bonds. The first-order valence-corrected chi connectivity index (χ1v) is 12.8. The Kier molecular flexibility index (Phi) is 8.85. The van der Waals surface area contributed by atoms with Gasteiger partial charge in [-0.15, -0.1) is 11.3 Å². The molecule has 3 heterocycles. The molecule has 1 aromatic carbocycles. The maximum absolute atomic E-state index is 14.6. The largest absolute Gasteiger partial charge is 0.480 e. The maximum atomic E-state index is 14.6. The molecule has 4 rings (SSSR count). The van der Waals surface area contributed by atoms with E-state index in [1.165, 1.54) is 23.5 Å². The van der Waals surface area contributed by atoms with Gasteiger partial charge in [0.2, 0.25) is 0 Å². The molecule has 2 unspecified atom stereocenters. The highest BCUT2D eigenvalue weighted by Gasteiger charge is 2.36. The smallest absolute Gasteiger partial charge is 0.338 e. The number of thiazole rings is 1. The second-order valence-electron chi connectivity index (χ2n) is 8.47. The van der Waals surface area contributed by atoms with Gasteiger partial charge in [0, 0.05) is 53.9 Å². The number of benzene rings is 1. The Bertz CT molecular complexity index is 1210. The number of piperidine rings is 1. The van der Waals surface area contributed by atoms with Crippen molar-refractivity contribution < 1.29 is 33.0 Å². The van der Waals surface area contributed by atoms with Crippen LogP contribution in [0.2, 0.25) is 5.02 Å². The van der Waals surface area contributed by atoms with Crippen molar-refractivity contribution in [3.05, 3.63) is 62.5 Å². The Morgan fingerprint density at radius 2 is 2.16 bits per heavy atom. The number of carbonyl (C=O) groups excluding carboxylic acids is 1.